The van der Waals surface area contributed by atoms with Crippen molar-refractivity contribution in [3.8, 4) is 0 Å². The van der Waals surface area contributed by atoms with Crippen molar-refractivity contribution < 1.29 is 14.6 Å². The Morgan fingerprint density at radius 1 is 1.10 bits per heavy atom. The average Bonchev–Trinajstić information content (AvgIpc) is 2.71. The Kier molecular flexibility index (Phi) is 6.23. The molecule has 152 valence electrons. The zero-order valence-electron chi connectivity index (χ0n) is 16.9. The van der Waals surface area contributed by atoms with Gasteiger partial charge in [-0.25, -0.2) is 0 Å². The summed E-state index contributed by atoms with van der Waals surface area (Å²) in [7, 11) is 0. The van der Waals surface area contributed by atoms with Gasteiger partial charge in [0.2, 0.25) is 0 Å². The van der Waals surface area contributed by atoms with Crippen LogP contribution in [0.2, 0.25) is 0 Å². The van der Waals surface area contributed by atoms with Gasteiger partial charge < -0.3 is 10.4 Å². The number of nitro groups is 1. The molecule has 1 heterocycles. The molecule has 3 rings (SSSR count). The molecule has 0 unspecified atom stereocenters. The van der Waals surface area contributed by atoms with Crippen LogP contribution in [0.4, 0.5) is 11.4 Å². The molecule has 0 aliphatic carbocycles. The van der Waals surface area contributed by atoms with E-state index in [2.05, 4.69) is 5.32 Å². The zero-order valence-corrected chi connectivity index (χ0v) is 17.7. The van der Waals surface area contributed by atoms with E-state index in [4.69, 9.17) is 12.2 Å². The first-order valence-electron chi connectivity index (χ1n) is 9.32. The number of nitrogens with one attached hydrogen (secondary N) is 1. The number of anilines is 1. The second-order valence-corrected chi connectivity index (χ2v) is 7.40. The summed E-state index contributed by atoms with van der Waals surface area (Å²) in [5, 5.41) is 25.5. The van der Waals surface area contributed by atoms with Crippen LogP contribution in [0.25, 0.3) is 11.5 Å². The van der Waals surface area contributed by atoms with E-state index in [1.165, 1.54) is 18.2 Å². The number of aromatic nitrogens is 1. The highest BCUT2D eigenvalue weighted by atomic mass is 32.1. The van der Waals surface area contributed by atoms with Crippen LogP contribution >= 0.6 is 12.2 Å². The predicted molar refractivity (Wildman–Crippen MR) is 122 cm³/mol. The number of pyridine rings is 1. The van der Waals surface area contributed by atoms with Crippen LogP contribution in [0.1, 0.15) is 22.3 Å². The number of benzene rings is 2. The summed E-state index contributed by atoms with van der Waals surface area (Å²) in [5.74, 6) is -0.155. The van der Waals surface area contributed by atoms with Crippen molar-refractivity contribution in [2.45, 2.75) is 20.8 Å². The van der Waals surface area contributed by atoms with Crippen LogP contribution < -0.4 is 9.88 Å². The molecule has 0 aliphatic rings. The van der Waals surface area contributed by atoms with Gasteiger partial charge in [-0.2, -0.15) is 4.57 Å². The van der Waals surface area contributed by atoms with E-state index in [-0.39, 0.29) is 11.4 Å². The summed E-state index contributed by atoms with van der Waals surface area (Å²) < 4.78 is 1.71. The van der Waals surface area contributed by atoms with Gasteiger partial charge in [0.25, 0.3) is 11.4 Å². The highest BCUT2D eigenvalue weighted by Gasteiger charge is 2.25. The second kappa shape index (κ2) is 8.84. The number of thiocarbonyl (C=S) groups is 1. The topological polar surface area (TPSA) is 79.3 Å². The molecule has 0 saturated carbocycles. The number of hydrogen-bond donors (Lipinski definition) is 2. The van der Waals surface area contributed by atoms with Crippen LogP contribution in [0.3, 0.4) is 0 Å². The number of aryl methyl sites for hydroxylation is 2. The fraction of sp³-hybridized carbons (Fsp3) is 0.130. The van der Waals surface area contributed by atoms with Gasteiger partial charge in [-0.3, -0.25) is 10.1 Å². The molecular weight excluding hydrogens is 398 g/mol. The minimum absolute atomic E-state index is 0.110. The van der Waals surface area contributed by atoms with Gasteiger partial charge in [0.15, 0.2) is 23.1 Å². The number of rotatable bonds is 5. The quantitative estimate of drug-likeness (QED) is 0.149. The average molecular weight is 421 g/mol. The Hall–Kier alpha value is -3.58. The van der Waals surface area contributed by atoms with Crippen LogP contribution in [0.15, 0.2) is 67.0 Å². The van der Waals surface area contributed by atoms with Gasteiger partial charge in [-0.1, -0.05) is 36.5 Å². The highest BCUT2D eigenvalue weighted by Crippen LogP contribution is 2.24. The standard InChI is InChI=1S/C23H21N3O3S/c1-15-7-6-12-25(14-15)21(22(27)18-9-5-10-19(13-18)26(28)29)23(30)24-20-11-4-8-16(2)17(20)3/h4-14H,1-3H3,(H-,24,27,30)/p+1. The molecule has 0 fully saturated rings. The zero-order chi connectivity index (χ0) is 21.8. The molecular formula is C23H22N3O3S+. The van der Waals surface area contributed by atoms with Gasteiger partial charge in [0.05, 0.1) is 4.92 Å². The molecule has 2 aromatic carbocycles. The summed E-state index contributed by atoms with van der Waals surface area (Å²) in [5.41, 5.74) is 4.48. The number of non-ortho nitro benzene ring substituents is 1. The van der Waals surface area contributed by atoms with Crippen molar-refractivity contribution in [1.29, 1.82) is 0 Å². The number of hydrogen-bond acceptors (Lipinski definition) is 4. The van der Waals surface area contributed by atoms with E-state index in [9.17, 15) is 15.2 Å². The molecule has 0 radical (unpaired) electrons. The Bertz CT molecular complexity index is 1170. The van der Waals surface area contributed by atoms with E-state index in [1.54, 1.807) is 16.8 Å². The largest absolute Gasteiger partial charge is 0.502 e. The lowest BCUT2D eigenvalue weighted by Crippen LogP contribution is -2.38. The third-order valence-corrected chi connectivity index (χ3v) is 5.12. The fourth-order valence-electron chi connectivity index (χ4n) is 3.05. The third kappa shape index (κ3) is 4.52. The SMILES string of the molecule is Cc1ccc[n+](C(C(=S)Nc2cccc(C)c2C)=C(O)c2cccc([N+](=O)[O-])c2)c1. The molecule has 0 aliphatic heterocycles. The lowest BCUT2D eigenvalue weighted by molar-refractivity contribution is -0.576. The Morgan fingerprint density at radius 2 is 1.83 bits per heavy atom. The first-order chi connectivity index (χ1) is 14.3. The normalized spacial score (nSPS) is 11.6. The fourth-order valence-corrected chi connectivity index (χ4v) is 3.36. The predicted octanol–water partition coefficient (Wildman–Crippen LogP) is 5.13. The molecule has 0 atom stereocenters. The lowest BCUT2D eigenvalue weighted by Gasteiger charge is -2.13. The van der Waals surface area contributed by atoms with Gasteiger partial charge in [-0.05, 0) is 44.0 Å². The van der Waals surface area contributed by atoms with Gasteiger partial charge in [0, 0.05) is 35.0 Å². The molecule has 3 aromatic rings. The minimum Gasteiger partial charge on any atom is -0.502 e. The van der Waals surface area contributed by atoms with Crippen molar-refractivity contribution >= 4 is 40.0 Å². The van der Waals surface area contributed by atoms with Crippen molar-refractivity contribution in [2.75, 3.05) is 5.32 Å². The van der Waals surface area contributed by atoms with Gasteiger partial charge in [0.1, 0.15) is 0 Å². The summed E-state index contributed by atoms with van der Waals surface area (Å²) in [6, 6.07) is 15.5. The number of nitrogens with zero attached hydrogens (tertiary/aromatic N) is 2. The molecule has 1 aromatic heterocycles. The van der Waals surface area contributed by atoms with E-state index in [0.717, 1.165) is 22.4 Å². The second-order valence-electron chi connectivity index (χ2n) is 6.99. The maximum Gasteiger partial charge on any atom is 0.288 e. The molecule has 30 heavy (non-hydrogen) atoms. The molecule has 0 amide bonds. The third-order valence-electron chi connectivity index (χ3n) is 4.83. The van der Waals surface area contributed by atoms with Crippen molar-refractivity contribution in [3.05, 3.63) is 99.4 Å². The molecule has 0 saturated heterocycles. The first kappa shape index (κ1) is 21.1. The number of aliphatic hydroxyl groups is 1. The molecule has 2 N–H and O–H groups in total. The van der Waals surface area contributed by atoms with Crippen molar-refractivity contribution in [3.63, 3.8) is 0 Å². The summed E-state index contributed by atoms with van der Waals surface area (Å²) in [4.78, 5) is 11.0. The maximum absolute atomic E-state index is 11.2. The van der Waals surface area contributed by atoms with E-state index < -0.39 is 4.92 Å². The maximum atomic E-state index is 11.2. The number of nitro benzene ring substituents is 1. The summed E-state index contributed by atoms with van der Waals surface area (Å²) in [6.07, 6.45) is 3.60. The molecule has 0 spiro atoms. The van der Waals surface area contributed by atoms with Gasteiger partial charge in [-0.15, -0.1) is 0 Å². The van der Waals surface area contributed by atoms with Crippen LogP contribution in [-0.2, 0) is 0 Å². The van der Waals surface area contributed by atoms with Crippen LogP contribution in [0, 0.1) is 30.9 Å². The van der Waals surface area contributed by atoms with Crippen LogP contribution in [-0.4, -0.2) is 15.0 Å². The summed E-state index contributed by atoms with van der Waals surface area (Å²) >= 11 is 5.66. The van der Waals surface area contributed by atoms with Gasteiger partial charge >= 0.3 is 0 Å². The Morgan fingerprint density at radius 3 is 2.53 bits per heavy atom. The van der Waals surface area contributed by atoms with E-state index in [1.807, 2.05) is 57.3 Å². The smallest absolute Gasteiger partial charge is 0.288 e. The highest BCUT2D eigenvalue weighted by molar-refractivity contribution is 7.81. The molecule has 0 bridgehead atoms. The Balaban J connectivity index is 2.14. The van der Waals surface area contributed by atoms with Crippen molar-refractivity contribution in [1.82, 2.24) is 0 Å². The number of aliphatic hydroxyl groups excluding tert-OH is 1. The molecule has 6 nitrogen and oxygen atoms in total. The lowest BCUT2D eigenvalue weighted by atomic mass is 10.1. The van der Waals surface area contributed by atoms with E-state index >= 15 is 0 Å². The monoisotopic (exact) mass is 420 g/mol. The van der Waals surface area contributed by atoms with E-state index in [0.29, 0.717) is 16.2 Å². The van der Waals surface area contributed by atoms with Crippen molar-refractivity contribution in [2.24, 2.45) is 0 Å². The first-order valence-corrected chi connectivity index (χ1v) is 9.72. The Labute approximate surface area is 180 Å². The summed E-state index contributed by atoms with van der Waals surface area (Å²) in [6.45, 7) is 5.93. The minimum atomic E-state index is -0.497. The molecule has 7 heteroatoms. The van der Waals surface area contributed by atoms with Crippen LogP contribution in [0.5, 0.6) is 0 Å².